The van der Waals surface area contributed by atoms with Gasteiger partial charge in [-0.1, -0.05) is 54.9 Å². The molecule has 1 amide bonds. The molecule has 0 aliphatic carbocycles. The molecule has 0 aromatic heterocycles. The molecular weight excluding hydrogens is 340 g/mol. The molecule has 116 valence electrons. The summed E-state index contributed by atoms with van der Waals surface area (Å²) >= 11 is 3.37. The van der Waals surface area contributed by atoms with Crippen molar-refractivity contribution in [3.63, 3.8) is 0 Å². The van der Waals surface area contributed by atoms with Crippen LogP contribution in [0.15, 0.2) is 53.0 Å². The first-order chi connectivity index (χ1) is 10.4. The second-order valence-corrected chi connectivity index (χ2v) is 7.12. The SMILES string of the molecule is CC(C)(C)c1ccccc1NCC(=O)Nc1ccc(Br)cc1. The Morgan fingerprint density at radius 3 is 2.32 bits per heavy atom. The standard InChI is InChI=1S/C18H21BrN2O/c1-18(2,3)15-6-4-5-7-16(15)20-12-17(22)21-14-10-8-13(19)9-11-14/h4-11,20H,12H2,1-3H3,(H,21,22). The quantitative estimate of drug-likeness (QED) is 0.822. The van der Waals surface area contributed by atoms with Crippen LogP contribution in [0.2, 0.25) is 0 Å². The molecule has 22 heavy (non-hydrogen) atoms. The van der Waals surface area contributed by atoms with Gasteiger partial charge in [0, 0.05) is 15.8 Å². The lowest BCUT2D eigenvalue weighted by Gasteiger charge is -2.23. The molecule has 4 heteroatoms. The summed E-state index contributed by atoms with van der Waals surface area (Å²) in [7, 11) is 0. The maximum Gasteiger partial charge on any atom is 0.243 e. The normalized spacial score (nSPS) is 11.1. The number of carbonyl (C=O) groups is 1. The van der Waals surface area contributed by atoms with Crippen molar-refractivity contribution in [2.45, 2.75) is 26.2 Å². The summed E-state index contributed by atoms with van der Waals surface area (Å²) in [4.78, 5) is 12.0. The van der Waals surface area contributed by atoms with Crippen LogP contribution >= 0.6 is 15.9 Å². The minimum Gasteiger partial charge on any atom is -0.376 e. The van der Waals surface area contributed by atoms with Gasteiger partial charge in [0.25, 0.3) is 0 Å². The number of carbonyl (C=O) groups excluding carboxylic acids is 1. The van der Waals surface area contributed by atoms with Crippen LogP contribution in [-0.4, -0.2) is 12.5 Å². The molecule has 0 heterocycles. The molecule has 2 aromatic carbocycles. The number of rotatable bonds is 4. The molecule has 0 aliphatic heterocycles. The highest BCUT2D eigenvalue weighted by Gasteiger charge is 2.17. The maximum atomic E-state index is 12.0. The number of nitrogens with one attached hydrogen (secondary N) is 2. The summed E-state index contributed by atoms with van der Waals surface area (Å²) < 4.78 is 0.989. The summed E-state index contributed by atoms with van der Waals surface area (Å²) in [5.41, 5.74) is 3.03. The first kappa shape index (κ1) is 16.6. The fourth-order valence-corrected chi connectivity index (χ4v) is 2.47. The van der Waals surface area contributed by atoms with Gasteiger partial charge in [-0.05, 0) is 41.3 Å². The number of anilines is 2. The van der Waals surface area contributed by atoms with E-state index in [-0.39, 0.29) is 17.9 Å². The van der Waals surface area contributed by atoms with E-state index in [1.165, 1.54) is 5.56 Å². The van der Waals surface area contributed by atoms with E-state index in [0.717, 1.165) is 15.8 Å². The van der Waals surface area contributed by atoms with Crippen LogP contribution in [0.3, 0.4) is 0 Å². The Morgan fingerprint density at radius 1 is 1.05 bits per heavy atom. The predicted octanol–water partition coefficient (Wildman–Crippen LogP) is 4.80. The number of hydrogen-bond acceptors (Lipinski definition) is 2. The second kappa shape index (κ2) is 6.97. The van der Waals surface area contributed by atoms with Crippen molar-refractivity contribution in [1.82, 2.24) is 0 Å². The highest BCUT2D eigenvalue weighted by molar-refractivity contribution is 9.10. The Kier molecular flexibility index (Phi) is 5.24. The molecule has 0 spiro atoms. The van der Waals surface area contributed by atoms with Crippen LogP contribution in [0.1, 0.15) is 26.3 Å². The van der Waals surface area contributed by atoms with Crippen molar-refractivity contribution in [3.05, 3.63) is 58.6 Å². The molecule has 0 atom stereocenters. The molecule has 2 N–H and O–H groups in total. The van der Waals surface area contributed by atoms with Gasteiger partial charge in [0.2, 0.25) is 5.91 Å². The van der Waals surface area contributed by atoms with Crippen molar-refractivity contribution in [2.75, 3.05) is 17.2 Å². The molecule has 2 aromatic rings. The first-order valence-electron chi connectivity index (χ1n) is 7.25. The highest BCUT2D eigenvalue weighted by Crippen LogP contribution is 2.29. The van der Waals surface area contributed by atoms with E-state index in [2.05, 4.69) is 53.4 Å². The van der Waals surface area contributed by atoms with E-state index in [0.29, 0.717) is 0 Å². The topological polar surface area (TPSA) is 41.1 Å². The van der Waals surface area contributed by atoms with Crippen molar-refractivity contribution in [1.29, 1.82) is 0 Å². The van der Waals surface area contributed by atoms with Gasteiger partial charge in [-0.25, -0.2) is 0 Å². The average molecular weight is 361 g/mol. The van der Waals surface area contributed by atoms with Crippen molar-refractivity contribution in [2.24, 2.45) is 0 Å². The smallest absolute Gasteiger partial charge is 0.243 e. The van der Waals surface area contributed by atoms with E-state index in [1.807, 2.05) is 42.5 Å². The van der Waals surface area contributed by atoms with Gasteiger partial charge in [0.05, 0.1) is 6.54 Å². The van der Waals surface area contributed by atoms with Crippen LogP contribution in [-0.2, 0) is 10.2 Å². The minimum absolute atomic E-state index is 0.0335. The Hall–Kier alpha value is -1.81. The highest BCUT2D eigenvalue weighted by atomic mass is 79.9. The fourth-order valence-electron chi connectivity index (χ4n) is 2.21. The van der Waals surface area contributed by atoms with Gasteiger partial charge in [-0.3, -0.25) is 4.79 Å². The third-order valence-corrected chi connectivity index (χ3v) is 3.83. The van der Waals surface area contributed by atoms with E-state index in [4.69, 9.17) is 0 Å². The van der Waals surface area contributed by atoms with Gasteiger partial charge in [0.1, 0.15) is 0 Å². The Bertz CT molecular complexity index is 645. The van der Waals surface area contributed by atoms with Gasteiger partial charge in [-0.2, -0.15) is 0 Å². The summed E-state index contributed by atoms with van der Waals surface area (Å²) in [5.74, 6) is -0.0639. The number of para-hydroxylation sites is 1. The summed E-state index contributed by atoms with van der Waals surface area (Å²) in [6.45, 7) is 6.73. The molecule has 0 fully saturated rings. The van der Waals surface area contributed by atoms with Gasteiger partial charge < -0.3 is 10.6 Å². The third-order valence-electron chi connectivity index (χ3n) is 3.30. The third kappa shape index (κ3) is 4.60. The van der Waals surface area contributed by atoms with Crippen LogP contribution in [0.5, 0.6) is 0 Å². The van der Waals surface area contributed by atoms with Crippen LogP contribution in [0, 0.1) is 0 Å². The zero-order valence-corrected chi connectivity index (χ0v) is 14.7. The second-order valence-electron chi connectivity index (χ2n) is 6.20. The molecule has 0 saturated heterocycles. The fraction of sp³-hybridized carbons (Fsp3) is 0.278. The van der Waals surface area contributed by atoms with Crippen LogP contribution in [0.25, 0.3) is 0 Å². The largest absolute Gasteiger partial charge is 0.376 e. The van der Waals surface area contributed by atoms with Crippen LogP contribution < -0.4 is 10.6 Å². The number of amides is 1. The zero-order valence-electron chi connectivity index (χ0n) is 13.1. The molecule has 3 nitrogen and oxygen atoms in total. The van der Waals surface area contributed by atoms with E-state index >= 15 is 0 Å². The Labute approximate surface area is 140 Å². The Balaban J connectivity index is 1.98. The summed E-state index contributed by atoms with van der Waals surface area (Å²) in [6, 6.07) is 15.6. The van der Waals surface area contributed by atoms with Crippen LogP contribution in [0.4, 0.5) is 11.4 Å². The molecular formula is C18H21BrN2O. The lowest BCUT2D eigenvalue weighted by molar-refractivity contribution is -0.114. The monoisotopic (exact) mass is 360 g/mol. The minimum atomic E-state index is -0.0639. The zero-order chi connectivity index (χ0) is 16.2. The lowest BCUT2D eigenvalue weighted by Crippen LogP contribution is -2.23. The molecule has 0 radical (unpaired) electrons. The van der Waals surface area contributed by atoms with Gasteiger partial charge >= 0.3 is 0 Å². The Morgan fingerprint density at radius 2 is 1.68 bits per heavy atom. The van der Waals surface area contributed by atoms with E-state index in [9.17, 15) is 4.79 Å². The molecule has 0 saturated carbocycles. The molecule has 0 aliphatic rings. The molecule has 0 unspecified atom stereocenters. The van der Waals surface area contributed by atoms with Gasteiger partial charge in [-0.15, -0.1) is 0 Å². The van der Waals surface area contributed by atoms with E-state index in [1.54, 1.807) is 0 Å². The van der Waals surface area contributed by atoms with Crippen molar-refractivity contribution >= 4 is 33.2 Å². The number of benzene rings is 2. The molecule has 0 bridgehead atoms. The number of halogens is 1. The average Bonchev–Trinajstić information content (AvgIpc) is 2.47. The summed E-state index contributed by atoms with van der Waals surface area (Å²) in [5, 5.41) is 6.11. The van der Waals surface area contributed by atoms with E-state index < -0.39 is 0 Å². The maximum absolute atomic E-state index is 12.0. The van der Waals surface area contributed by atoms with Crippen molar-refractivity contribution < 1.29 is 4.79 Å². The van der Waals surface area contributed by atoms with Crippen molar-refractivity contribution in [3.8, 4) is 0 Å². The lowest BCUT2D eigenvalue weighted by atomic mass is 9.86. The molecule has 2 rings (SSSR count). The van der Waals surface area contributed by atoms with Gasteiger partial charge in [0.15, 0.2) is 0 Å². The first-order valence-corrected chi connectivity index (χ1v) is 8.04. The predicted molar refractivity (Wildman–Crippen MR) is 96.4 cm³/mol. The summed E-state index contributed by atoms with van der Waals surface area (Å²) in [6.07, 6.45) is 0. The number of hydrogen-bond donors (Lipinski definition) is 2.